The highest BCUT2D eigenvalue weighted by molar-refractivity contribution is 5.65. The smallest absolute Gasteiger partial charge is 0.302 e. The molecule has 0 unspecified atom stereocenters. The number of ether oxygens (including phenoxy) is 1. The van der Waals surface area contributed by atoms with Crippen molar-refractivity contribution in [1.29, 1.82) is 0 Å². The monoisotopic (exact) mass is 212 g/mol. The molecule has 0 aromatic heterocycles. The lowest BCUT2D eigenvalue weighted by atomic mass is 10.1. The molecule has 0 saturated carbocycles. The Bertz CT molecular complexity index is 173. The number of carbonyl (C=O) groups is 1. The molecule has 0 amide bonds. The highest BCUT2D eigenvalue weighted by atomic mass is 16.5. The minimum absolute atomic E-state index is 0.169. The molecule has 0 aliphatic carbocycles. The molecule has 0 saturated heterocycles. The van der Waals surface area contributed by atoms with Crippen LogP contribution < -0.4 is 0 Å². The largest absolute Gasteiger partial charge is 0.466 e. The Labute approximate surface area is 93.7 Å². The van der Waals surface area contributed by atoms with Crippen LogP contribution in [-0.4, -0.2) is 12.6 Å². The molecule has 0 N–H and O–H groups in total. The lowest BCUT2D eigenvalue weighted by molar-refractivity contribution is -0.141. The van der Waals surface area contributed by atoms with E-state index in [1.165, 1.54) is 39.0 Å². The highest BCUT2D eigenvalue weighted by Gasteiger charge is 1.92. The van der Waals surface area contributed by atoms with Gasteiger partial charge in [0, 0.05) is 6.92 Å². The van der Waals surface area contributed by atoms with E-state index in [2.05, 4.69) is 19.1 Å². The molecule has 0 radical (unpaired) electrons. The van der Waals surface area contributed by atoms with Crippen LogP contribution in [0.15, 0.2) is 12.2 Å². The Hall–Kier alpha value is -0.790. The standard InChI is InChI=1S/C13H24O2/c1-3-4-5-6-7-8-9-10-11-12-15-13(2)14/h5-6H,3-4,7-12H2,1-2H3/b6-5-. The van der Waals surface area contributed by atoms with Gasteiger partial charge in [-0.3, -0.25) is 4.79 Å². The summed E-state index contributed by atoms with van der Waals surface area (Å²) in [5, 5.41) is 0. The van der Waals surface area contributed by atoms with Gasteiger partial charge in [-0.15, -0.1) is 0 Å². The predicted octanol–water partition coefficient (Wildman–Crippen LogP) is 3.86. The summed E-state index contributed by atoms with van der Waals surface area (Å²) in [4.78, 5) is 10.4. The summed E-state index contributed by atoms with van der Waals surface area (Å²) < 4.78 is 4.85. The van der Waals surface area contributed by atoms with Crippen molar-refractivity contribution in [2.75, 3.05) is 6.61 Å². The number of rotatable bonds is 9. The van der Waals surface area contributed by atoms with E-state index in [1.54, 1.807) is 0 Å². The summed E-state index contributed by atoms with van der Waals surface area (Å²) in [6.45, 7) is 4.24. The van der Waals surface area contributed by atoms with Gasteiger partial charge in [0.15, 0.2) is 0 Å². The van der Waals surface area contributed by atoms with Crippen LogP contribution in [0.1, 0.15) is 58.8 Å². The van der Waals surface area contributed by atoms with Crippen molar-refractivity contribution in [1.82, 2.24) is 0 Å². The molecule has 2 heteroatoms. The van der Waals surface area contributed by atoms with Gasteiger partial charge >= 0.3 is 5.97 Å². The van der Waals surface area contributed by atoms with Crippen LogP contribution in [0.2, 0.25) is 0 Å². The van der Waals surface area contributed by atoms with Crippen LogP contribution in [0.5, 0.6) is 0 Å². The average Bonchev–Trinajstić information content (AvgIpc) is 2.20. The molecule has 2 nitrogen and oxygen atoms in total. The summed E-state index contributed by atoms with van der Waals surface area (Å²) in [5.74, 6) is -0.169. The van der Waals surface area contributed by atoms with Crippen molar-refractivity contribution in [3.63, 3.8) is 0 Å². The van der Waals surface area contributed by atoms with E-state index in [0.717, 1.165) is 12.8 Å². The van der Waals surface area contributed by atoms with Crippen molar-refractivity contribution in [2.24, 2.45) is 0 Å². The molecule has 15 heavy (non-hydrogen) atoms. The Kier molecular flexibility index (Phi) is 10.7. The maximum absolute atomic E-state index is 10.4. The lowest BCUT2D eigenvalue weighted by Crippen LogP contribution is -1.99. The summed E-state index contributed by atoms with van der Waals surface area (Å²) in [6.07, 6.45) is 12.8. The molecule has 0 aromatic rings. The van der Waals surface area contributed by atoms with E-state index in [9.17, 15) is 4.79 Å². The first-order valence-corrected chi connectivity index (χ1v) is 6.05. The van der Waals surface area contributed by atoms with Gasteiger partial charge in [0.25, 0.3) is 0 Å². The van der Waals surface area contributed by atoms with Gasteiger partial charge in [0.1, 0.15) is 0 Å². The minimum Gasteiger partial charge on any atom is -0.466 e. The second-order valence-corrected chi connectivity index (χ2v) is 3.80. The molecule has 88 valence electrons. The third kappa shape index (κ3) is 13.2. The van der Waals surface area contributed by atoms with E-state index in [-0.39, 0.29) is 5.97 Å². The number of hydrogen-bond donors (Lipinski definition) is 0. The second kappa shape index (κ2) is 11.3. The summed E-state index contributed by atoms with van der Waals surface area (Å²) in [5.41, 5.74) is 0. The molecule has 0 aromatic carbocycles. The van der Waals surface area contributed by atoms with Gasteiger partial charge in [0.2, 0.25) is 0 Å². The summed E-state index contributed by atoms with van der Waals surface area (Å²) in [6, 6.07) is 0. The highest BCUT2D eigenvalue weighted by Crippen LogP contribution is 2.04. The number of carbonyl (C=O) groups excluding carboxylic acids is 1. The van der Waals surface area contributed by atoms with Gasteiger partial charge < -0.3 is 4.74 Å². The van der Waals surface area contributed by atoms with Crippen molar-refractivity contribution < 1.29 is 9.53 Å². The topological polar surface area (TPSA) is 26.3 Å². The van der Waals surface area contributed by atoms with Crippen molar-refractivity contribution in [3.8, 4) is 0 Å². The van der Waals surface area contributed by atoms with Crippen LogP contribution >= 0.6 is 0 Å². The first kappa shape index (κ1) is 14.2. The SMILES string of the molecule is CCC/C=C\CCCCCCOC(C)=O. The Morgan fingerprint density at radius 2 is 1.73 bits per heavy atom. The Morgan fingerprint density at radius 3 is 2.40 bits per heavy atom. The molecule has 0 aliphatic rings. The fourth-order valence-corrected chi connectivity index (χ4v) is 1.34. The number of allylic oxidation sites excluding steroid dienone is 2. The molecule has 0 spiro atoms. The summed E-state index contributed by atoms with van der Waals surface area (Å²) >= 11 is 0. The third-order valence-electron chi connectivity index (χ3n) is 2.19. The molecule has 0 bridgehead atoms. The normalized spacial score (nSPS) is 10.8. The quantitative estimate of drug-likeness (QED) is 0.329. The van der Waals surface area contributed by atoms with Crippen LogP contribution in [0, 0.1) is 0 Å². The van der Waals surface area contributed by atoms with Gasteiger partial charge in [-0.25, -0.2) is 0 Å². The fourth-order valence-electron chi connectivity index (χ4n) is 1.34. The maximum atomic E-state index is 10.4. The van der Waals surface area contributed by atoms with Crippen LogP contribution in [-0.2, 0) is 9.53 Å². The number of unbranched alkanes of at least 4 members (excludes halogenated alkanes) is 5. The summed E-state index contributed by atoms with van der Waals surface area (Å²) in [7, 11) is 0. The van der Waals surface area contributed by atoms with Crippen molar-refractivity contribution in [2.45, 2.75) is 58.8 Å². The molecular formula is C13H24O2. The van der Waals surface area contributed by atoms with Crippen molar-refractivity contribution >= 4 is 5.97 Å². The van der Waals surface area contributed by atoms with Crippen LogP contribution in [0.4, 0.5) is 0 Å². The zero-order chi connectivity index (χ0) is 11.4. The Balaban J connectivity index is 3.01. The Morgan fingerprint density at radius 1 is 1.07 bits per heavy atom. The van der Waals surface area contributed by atoms with E-state index >= 15 is 0 Å². The zero-order valence-corrected chi connectivity index (χ0v) is 10.1. The first-order valence-electron chi connectivity index (χ1n) is 6.05. The number of hydrogen-bond acceptors (Lipinski definition) is 2. The van der Waals surface area contributed by atoms with E-state index < -0.39 is 0 Å². The van der Waals surface area contributed by atoms with Gasteiger partial charge in [-0.2, -0.15) is 0 Å². The van der Waals surface area contributed by atoms with Crippen molar-refractivity contribution in [3.05, 3.63) is 12.2 Å². The molecular weight excluding hydrogens is 188 g/mol. The van der Waals surface area contributed by atoms with E-state index in [1.807, 2.05) is 0 Å². The molecule has 0 fully saturated rings. The fraction of sp³-hybridized carbons (Fsp3) is 0.769. The molecule has 0 atom stereocenters. The molecule has 0 heterocycles. The maximum Gasteiger partial charge on any atom is 0.302 e. The second-order valence-electron chi connectivity index (χ2n) is 3.80. The predicted molar refractivity (Wildman–Crippen MR) is 63.8 cm³/mol. The van der Waals surface area contributed by atoms with Gasteiger partial charge in [-0.1, -0.05) is 38.3 Å². The van der Waals surface area contributed by atoms with Crippen LogP contribution in [0.3, 0.4) is 0 Å². The lowest BCUT2D eigenvalue weighted by Gasteiger charge is -2.00. The number of esters is 1. The third-order valence-corrected chi connectivity index (χ3v) is 2.19. The van der Waals surface area contributed by atoms with Gasteiger partial charge in [-0.05, 0) is 25.7 Å². The van der Waals surface area contributed by atoms with Crippen LogP contribution in [0.25, 0.3) is 0 Å². The average molecular weight is 212 g/mol. The zero-order valence-electron chi connectivity index (χ0n) is 10.1. The molecule has 0 aliphatic heterocycles. The molecule has 0 rings (SSSR count). The first-order chi connectivity index (χ1) is 7.27. The van der Waals surface area contributed by atoms with Gasteiger partial charge in [0.05, 0.1) is 6.61 Å². The minimum atomic E-state index is -0.169. The van der Waals surface area contributed by atoms with E-state index in [4.69, 9.17) is 4.74 Å². The van der Waals surface area contributed by atoms with E-state index in [0.29, 0.717) is 6.61 Å².